The highest BCUT2D eigenvalue weighted by Crippen LogP contribution is 2.19. The number of amides is 1. The van der Waals surface area contributed by atoms with Crippen molar-refractivity contribution >= 4 is 11.6 Å². The van der Waals surface area contributed by atoms with Crippen molar-refractivity contribution in [3.8, 4) is 0 Å². The maximum Gasteiger partial charge on any atom is 0.241 e. The van der Waals surface area contributed by atoms with E-state index >= 15 is 0 Å². The van der Waals surface area contributed by atoms with Crippen LogP contribution in [0.3, 0.4) is 0 Å². The van der Waals surface area contributed by atoms with E-state index in [4.69, 9.17) is 0 Å². The van der Waals surface area contributed by atoms with E-state index in [1.165, 1.54) is 50.5 Å². The lowest BCUT2D eigenvalue weighted by Gasteiger charge is -2.25. The molecule has 0 aliphatic heterocycles. The van der Waals surface area contributed by atoms with E-state index in [0.29, 0.717) is 6.04 Å². The molecule has 0 unspecified atom stereocenters. The number of aryl methyl sites for hydroxylation is 2. The summed E-state index contributed by atoms with van der Waals surface area (Å²) in [6.07, 6.45) is 8.99. The van der Waals surface area contributed by atoms with Gasteiger partial charge in [-0.05, 0) is 45.2 Å². The number of hydrogen-bond donors (Lipinski definition) is 2. The molecule has 0 spiro atoms. The van der Waals surface area contributed by atoms with Crippen LogP contribution in [0.1, 0.15) is 63.0 Å². The number of rotatable bonds is 4. The molecule has 3 nitrogen and oxygen atoms in total. The van der Waals surface area contributed by atoms with Gasteiger partial charge in [-0.3, -0.25) is 4.79 Å². The van der Waals surface area contributed by atoms with Crippen LogP contribution in [0.15, 0.2) is 18.2 Å². The molecule has 0 aromatic heterocycles. The molecule has 22 heavy (non-hydrogen) atoms. The van der Waals surface area contributed by atoms with Gasteiger partial charge in [-0.15, -0.1) is 0 Å². The molecule has 1 saturated carbocycles. The molecule has 0 saturated heterocycles. The average molecular weight is 302 g/mol. The summed E-state index contributed by atoms with van der Waals surface area (Å²) in [5.41, 5.74) is 3.25. The fraction of sp³-hybridized carbons (Fsp3) is 0.632. The van der Waals surface area contributed by atoms with Crippen LogP contribution in [0.4, 0.5) is 5.69 Å². The second-order valence-corrected chi connectivity index (χ2v) is 6.74. The molecule has 1 amide bonds. The van der Waals surface area contributed by atoms with Crippen molar-refractivity contribution in [3.05, 3.63) is 29.3 Å². The molecule has 1 aromatic carbocycles. The summed E-state index contributed by atoms with van der Waals surface area (Å²) in [6.45, 7) is 6.07. The van der Waals surface area contributed by atoms with E-state index in [-0.39, 0.29) is 11.9 Å². The Morgan fingerprint density at radius 3 is 2.36 bits per heavy atom. The normalized spacial score (nSPS) is 18.3. The zero-order chi connectivity index (χ0) is 15.9. The van der Waals surface area contributed by atoms with Crippen molar-refractivity contribution in [1.29, 1.82) is 0 Å². The topological polar surface area (TPSA) is 41.1 Å². The van der Waals surface area contributed by atoms with Gasteiger partial charge in [0.15, 0.2) is 0 Å². The van der Waals surface area contributed by atoms with Crippen molar-refractivity contribution in [2.24, 2.45) is 0 Å². The standard InChI is InChI=1S/C19H30N2O/c1-14-11-12-18(15(2)13-14)21-19(22)16(3)20-17-9-7-5-4-6-8-10-17/h11-13,16-17,20H,4-10H2,1-3H3,(H,21,22)/t16-/m1/s1. The fourth-order valence-electron chi connectivity index (χ4n) is 3.25. The summed E-state index contributed by atoms with van der Waals surface area (Å²) in [4.78, 5) is 12.4. The Morgan fingerprint density at radius 2 is 1.73 bits per heavy atom. The summed E-state index contributed by atoms with van der Waals surface area (Å²) >= 11 is 0. The molecule has 0 radical (unpaired) electrons. The van der Waals surface area contributed by atoms with Gasteiger partial charge in [0.2, 0.25) is 5.91 Å². The van der Waals surface area contributed by atoms with Crippen molar-refractivity contribution in [1.82, 2.24) is 5.32 Å². The minimum Gasteiger partial charge on any atom is -0.324 e. The SMILES string of the molecule is Cc1ccc(NC(=O)[C@@H](C)NC2CCCCCCC2)c(C)c1. The van der Waals surface area contributed by atoms with Gasteiger partial charge >= 0.3 is 0 Å². The highest BCUT2D eigenvalue weighted by molar-refractivity contribution is 5.95. The van der Waals surface area contributed by atoms with Crippen molar-refractivity contribution in [3.63, 3.8) is 0 Å². The molecule has 0 heterocycles. The summed E-state index contributed by atoms with van der Waals surface area (Å²) < 4.78 is 0. The van der Waals surface area contributed by atoms with Gasteiger partial charge < -0.3 is 10.6 Å². The minimum atomic E-state index is -0.148. The molecule has 2 N–H and O–H groups in total. The average Bonchev–Trinajstić information content (AvgIpc) is 2.44. The molecule has 2 rings (SSSR count). The van der Waals surface area contributed by atoms with E-state index in [0.717, 1.165) is 11.3 Å². The number of benzene rings is 1. The first-order valence-corrected chi connectivity index (χ1v) is 8.70. The molecule has 1 aliphatic carbocycles. The largest absolute Gasteiger partial charge is 0.324 e. The quantitative estimate of drug-likeness (QED) is 0.869. The number of nitrogens with one attached hydrogen (secondary N) is 2. The molecular weight excluding hydrogens is 272 g/mol. The van der Waals surface area contributed by atoms with E-state index in [1.807, 2.05) is 26.0 Å². The van der Waals surface area contributed by atoms with Crippen LogP contribution >= 0.6 is 0 Å². The number of hydrogen-bond acceptors (Lipinski definition) is 2. The third-order valence-corrected chi connectivity index (χ3v) is 4.62. The third kappa shape index (κ3) is 5.13. The van der Waals surface area contributed by atoms with E-state index in [1.54, 1.807) is 0 Å². The van der Waals surface area contributed by atoms with Crippen molar-refractivity contribution < 1.29 is 4.79 Å². The maximum absolute atomic E-state index is 12.4. The van der Waals surface area contributed by atoms with Crippen molar-refractivity contribution in [2.75, 3.05) is 5.32 Å². The summed E-state index contributed by atoms with van der Waals surface area (Å²) in [6, 6.07) is 6.47. The maximum atomic E-state index is 12.4. The highest BCUT2D eigenvalue weighted by atomic mass is 16.2. The summed E-state index contributed by atoms with van der Waals surface area (Å²) in [5.74, 6) is 0.0639. The number of carbonyl (C=O) groups is 1. The molecule has 3 heteroatoms. The minimum absolute atomic E-state index is 0.0639. The van der Waals surface area contributed by atoms with Crippen LogP contribution < -0.4 is 10.6 Å². The molecule has 1 aromatic rings. The highest BCUT2D eigenvalue weighted by Gasteiger charge is 2.19. The zero-order valence-electron chi connectivity index (χ0n) is 14.2. The van der Waals surface area contributed by atoms with Gasteiger partial charge in [0, 0.05) is 11.7 Å². The lowest BCUT2D eigenvalue weighted by atomic mass is 9.96. The second-order valence-electron chi connectivity index (χ2n) is 6.74. The predicted molar refractivity (Wildman–Crippen MR) is 93.3 cm³/mol. The Hall–Kier alpha value is -1.35. The number of anilines is 1. The van der Waals surface area contributed by atoms with E-state index in [2.05, 4.69) is 23.6 Å². The third-order valence-electron chi connectivity index (χ3n) is 4.62. The van der Waals surface area contributed by atoms with Crippen LogP contribution in [0, 0.1) is 13.8 Å². The first-order valence-electron chi connectivity index (χ1n) is 8.70. The smallest absolute Gasteiger partial charge is 0.241 e. The summed E-state index contributed by atoms with van der Waals surface area (Å²) in [7, 11) is 0. The fourth-order valence-corrected chi connectivity index (χ4v) is 3.25. The number of carbonyl (C=O) groups excluding carboxylic acids is 1. The van der Waals surface area contributed by atoms with E-state index in [9.17, 15) is 4.79 Å². The Labute approximate surface area is 134 Å². The second kappa shape index (κ2) is 8.33. The molecule has 1 fully saturated rings. The molecule has 1 atom stereocenters. The molecule has 0 bridgehead atoms. The zero-order valence-corrected chi connectivity index (χ0v) is 14.2. The lowest BCUT2D eigenvalue weighted by molar-refractivity contribution is -0.118. The van der Waals surface area contributed by atoms with Gasteiger partial charge in [0.05, 0.1) is 6.04 Å². The Kier molecular flexibility index (Phi) is 6.44. The van der Waals surface area contributed by atoms with Gasteiger partial charge in [0.1, 0.15) is 0 Å². The van der Waals surface area contributed by atoms with Crippen LogP contribution in [-0.2, 0) is 4.79 Å². The van der Waals surface area contributed by atoms with Crippen LogP contribution in [-0.4, -0.2) is 18.0 Å². The molecular formula is C19H30N2O. The van der Waals surface area contributed by atoms with Gasteiger partial charge in [-0.1, -0.05) is 49.8 Å². The van der Waals surface area contributed by atoms with Gasteiger partial charge in [-0.25, -0.2) is 0 Å². The van der Waals surface area contributed by atoms with Crippen LogP contribution in [0.2, 0.25) is 0 Å². The van der Waals surface area contributed by atoms with Gasteiger partial charge in [0.25, 0.3) is 0 Å². The first-order chi connectivity index (χ1) is 10.6. The van der Waals surface area contributed by atoms with Crippen molar-refractivity contribution in [2.45, 2.75) is 77.8 Å². The van der Waals surface area contributed by atoms with Crippen LogP contribution in [0.25, 0.3) is 0 Å². The first kappa shape index (κ1) is 17.0. The molecule has 1 aliphatic rings. The van der Waals surface area contributed by atoms with Crippen LogP contribution in [0.5, 0.6) is 0 Å². The monoisotopic (exact) mass is 302 g/mol. The lowest BCUT2D eigenvalue weighted by Crippen LogP contribution is -2.44. The Bertz CT molecular complexity index is 490. The van der Waals surface area contributed by atoms with E-state index < -0.39 is 0 Å². The Balaban J connectivity index is 1.88. The molecule has 122 valence electrons. The van der Waals surface area contributed by atoms with Gasteiger partial charge in [-0.2, -0.15) is 0 Å². The predicted octanol–water partition coefficient (Wildman–Crippen LogP) is 4.33. The Morgan fingerprint density at radius 1 is 1.09 bits per heavy atom. The summed E-state index contributed by atoms with van der Waals surface area (Å²) in [5, 5.41) is 6.58.